The number of rotatable bonds is 7. The molecule has 1 aliphatic heterocycles. The Morgan fingerprint density at radius 2 is 1.95 bits per heavy atom. The number of benzene rings is 2. The first-order valence-electron chi connectivity index (χ1n) is 13.1. The van der Waals surface area contributed by atoms with Gasteiger partial charge in [0.25, 0.3) is 5.56 Å². The van der Waals surface area contributed by atoms with Crippen LogP contribution in [0.5, 0.6) is 0 Å². The summed E-state index contributed by atoms with van der Waals surface area (Å²) in [5.41, 5.74) is 2.67. The molecule has 0 aliphatic carbocycles. The van der Waals surface area contributed by atoms with E-state index in [0.29, 0.717) is 46.1 Å². The number of fused-ring (bicyclic) bond motifs is 1. The number of carbonyl (C=O) groups is 1. The summed E-state index contributed by atoms with van der Waals surface area (Å²) in [6.45, 7) is 3.80. The number of furan rings is 1. The second-order valence-electron chi connectivity index (χ2n) is 9.35. The van der Waals surface area contributed by atoms with Gasteiger partial charge >= 0.3 is 5.97 Å². The molecular formula is C31H22BrClN4O4S2. The van der Waals surface area contributed by atoms with Crippen molar-refractivity contribution in [1.29, 1.82) is 0 Å². The maximum Gasteiger partial charge on any atom is 0.338 e. The van der Waals surface area contributed by atoms with Crippen LogP contribution in [0.15, 0.2) is 107 Å². The van der Waals surface area contributed by atoms with Gasteiger partial charge < -0.3 is 9.15 Å². The predicted octanol–water partition coefficient (Wildman–Crippen LogP) is 6.19. The van der Waals surface area contributed by atoms with Crippen molar-refractivity contribution >= 4 is 68.4 Å². The average molecular weight is 694 g/mol. The van der Waals surface area contributed by atoms with Gasteiger partial charge in [-0.25, -0.2) is 19.8 Å². The normalized spacial score (nSPS) is 14.9. The zero-order valence-corrected chi connectivity index (χ0v) is 26.8. The highest BCUT2D eigenvalue weighted by atomic mass is 79.9. The van der Waals surface area contributed by atoms with E-state index in [2.05, 4.69) is 25.9 Å². The van der Waals surface area contributed by atoms with Crippen LogP contribution < -0.4 is 14.9 Å². The zero-order chi connectivity index (χ0) is 30.1. The van der Waals surface area contributed by atoms with Gasteiger partial charge in [-0.15, -0.1) is 0 Å². The third-order valence-corrected chi connectivity index (χ3v) is 9.42. The van der Waals surface area contributed by atoms with E-state index < -0.39 is 12.0 Å². The second kappa shape index (κ2) is 12.5. The molecule has 1 aliphatic rings. The van der Waals surface area contributed by atoms with Crippen molar-refractivity contribution in [2.45, 2.75) is 30.1 Å². The summed E-state index contributed by atoms with van der Waals surface area (Å²) in [4.78, 5) is 41.6. The van der Waals surface area contributed by atoms with Crippen LogP contribution in [0.1, 0.15) is 35.5 Å². The summed E-state index contributed by atoms with van der Waals surface area (Å²) in [5, 5.41) is 1.64. The van der Waals surface area contributed by atoms with Crippen molar-refractivity contribution in [3.05, 3.63) is 130 Å². The first kappa shape index (κ1) is 29.3. The number of halogens is 2. The minimum absolute atomic E-state index is 0.170. The van der Waals surface area contributed by atoms with Crippen LogP contribution in [0, 0.1) is 6.92 Å². The summed E-state index contributed by atoms with van der Waals surface area (Å²) in [6, 6.07) is 19.3. The molecule has 0 spiro atoms. The Hall–Kier alpha value is -3.77. The molecule has 0 bridgehead atoms. The molecule has 12 heteroatoms. The molecule has 4 heterocycles. The Labute approximate surface area is 267 Å². The number of aromatic nitrogens is 3. The van der Waals surface area contributed by atoms with E-state index in [-0.39, 0.29) is 17.7 Å². The fourth-order valence-electron chi connectivity index (χ4n) is 4.60. The molecule has 8 nitrogen and oxygen atoms in total. The molecule has 0 N–H and O–H groups in total. The van der Waals surface area contributed by atoms with E-state index in [1.54, 1.807) is 49.5 Å². The lowest BCUT2D eigenvalue weighted by Gasteiger charge is -2.25. The number of thiazole rings is 1. The second-order valence-corrected chi connectivity index (χ2v) is 12.6. The zero-order valence-electron chi connectivity index (χ0n) is 22.8. The molecule has 6 rings (SSSR count). The molecule has 0 radical (unpaired) electrons. The number of esters is 1. The number of ether oxygens (including phenoxy) is 1. The largest absolute Gasteiger partial charge is 0.463 e. The van der Waals surface area contributed by atoms with E-state index in [9.17, 15) is 9.59 Å². The van der Waals surface area contributed by atoms with Crippen molar-refractivity contribution in [2.75, 3.05) is 6.61 Å². The quantitative estimate of drug-likeness (QED) is 0.148. The van der Waals surface area contributed by atoms with Gasteiger partial charge in [0, 0.05) is 28.6 Å². The number of nitrogens with zero attached hydrogens (tertiary/aromatic N) is 4. The average Bonchev–Trinajstić information content (AvgIpc) is 3.50. The van der Waals surface area contributed by atoms with Crippen LogP contribution in [0.2, 0.25) is 5.02 Å². The molecule has 0 unspecified atom stereocenters. The summed E-state index contributed by atoms with van der Waals surface area (Å²) in [6.07, 6.45) is 3.36. The lowest BCUT2D eigenvalue weighted by atomic mass is 9.93. The number of aryl methyl sites for hydroxylation is 1. The first-order valence-corrected chi connectivity index (χ1v) is 15.9. The number of hydrogen-bond donors (Lipinski definition) is 0. The topological polar surface area (TPSA) is 99.6 Å². The summed E-state index contributed by atoms with van der Waals surface area (Å²) in [5.74, 6) is -0.0856. The van der Waals surface area contributed by atoms with E-state index in [0.717, 1.165) is 11.3 Å². The molecule has 0 saturated heterocycles. The Morgan fingerprint density at radius 3 is 2.67 bits per heavy atom. The highest BCUT2D eigenvalue weighted by Crippen LogP contribution is 2.36. The lowest BCUT2D eigenvalue weighted by molar-refractivity contribution is -0.138. The minimum atomic E-state index is -0.794. The van der Waals surface area contributed by atoms with Crippen LogP contribution in [0.3, 0.4) is 0 Å². The third-order valence-electron chi connectivity index (χ3n) is 6.46. The molecule has 3 aromatic heterocycles. The Bertz CT molecular complexity index is 2050. The Kier molecular flexibility index (Phi) is 8.49. The van der Waals surface area contributed by atoms with Crippen LogP contribution in [0.25, 0.3) is 11.8 Å². The molecular weight excluding hydrogens is 672 g/mol. The molecule has 0 saturated carbocycles. The standard InChI is InChI=1S/C31H22BrClN4O4S2/c1-3-40-28(39)24-25(18-7-5-4-6-8-18)36-31-37(26(24)19-9-11-20(33)12-10-19)27(38)23(42-31)16-21-15-22(32)29(41-21)43-30-34-14-13-17(2)35-30/h4-16,26H,3H2,1-2H3/b23-16+/t26-/m0/s1. The van der Waals surface area contributed by atoms with E-state index in [1.807, 2.05) is 43.3 Å². The van der Waals surface area contributed by atoms with Crippen LogP contribution in [0.4, 0.5) is 0 Å². The van der Waals surface area contributed by atoms with Crippen molar-refractivity contribution in [1.82, 2.24) is 14.5 Å². The van der Waals surface area contributed by atoms with Gasteiger partial charge in [0.05, 0.1) is 32.9 Å². The molecule has 0 fully saturated rings. The smallest absolute Gasteiger partial charge is 0.338 e. The molecule has 0 amide bonds. The first-order chi connectivity index (χ1) is 20.8. The Morgan fingerprint density at radius 1 is 1.19 bits per heavy atom. The van der Waals surface area contributed by atoms with E-state index >= 15 is 0 Å². The molecule has 2 aromatic carbocycles. The van der Waals surface area contributed by atoms with Gasteiger partial charge in [-0.1, -0.05) is 65.4 Å². The van der Waals surface area contributed by atoms with Crippen molar-refractivity contribution in [3.63, 3.8) is 0 Å². The van der Waals surface area contributed by atoms with Gasteiger partial charge in [-0.2, -0.15) is 0 Å². The van der Waals surface area contributed by atoms with Crippen LogP contribution >= 0.6 is 50.6 Å². The fourth-order valence-corrected chi connectivity index (χ4v) is 7.02. The SMILES string of the molecule is CCOC(=O)C1=C(c2ccccc2)N=c2s/c(=C/c3cc(Br)c(Sc4nccc(C)n4)o3)c(=O)n2[C@H]1c1ccc(Cl)cc1. The molecule has 1 atom stereocenters. The summed E-state index contributed by atoms with van der Waals surface area (Å²) in [7, 11) is 0. The third kappa shape index (κ3) is 6.03. The van der Waals surface area contributed by atoms with Gasteiger partial charge in [-0.05, 0) is 71.4 Å². The van der Waals surface area contributed by atoms with Crippen molar-refractivity contribution < 1.29 is 13.9 Å². The van der Waals surface area contributed by atoms with Gasteiger partial charge in [0.1, 0.15) is 5.76 Å². The predicted molar refractivity (Wildman–Crippen MR) is 170 cm³/mol. The van der Waals surface area contributed by atoms with Gasteiger partial charge in [0.2, 0.25) is 0 Å². The van der Waals surface area contributed by atoms with Crippen molar-refractivity contribution in [3.8, 4) is 0 Å². The number of carbonyl (C=O) groups excluding carboxylic acids is 1. The molecule has 43 heavy (non-hydrogen) atoms. The van der Waals surface area contributed by atoms with E-state index in [1.165, 1.54) is 27.7 Å². The highest BCUT2D eigenvalue weighted by molar-refractivity contribution is 9.10. The molecule has 216 valence electrons. The lowest BCUT2D eigenvalue weighted by Crippen LogP contribution is -2.40. The van der Waals surface area contributed by atoms with Gasteiger partial charge in [0.15, 0.2) is 15.1 Å². The van der Waals surface area contributed by atoms with E-state index in [4.69, 9.17) is 25.7 Å². The van der Waals surface area contributed by atoms with Crippen molar-refractivity contribution in [2.24, 2.45) is 4.99 Å². The van der Waals surface area contributed by atoms with Crippen LogP contribution in [-0.4, -0.2) is 27.1 Å². The summed E-state index contributed by atoms with van der Waals surface area (Å²) < 4.78 is 14.2. The summed E-state index contributed by atoms with van der Waals surface area (Å²) >= 11 is 12.2. The van der Waals surface area contributed by atoms with Crippen LogP contribution in [-0.2, 0) is 9.53 Å². The monoisotopic (exact) mass is 692 g/mol. The Balaban J connectivity index is 1.52. The maximum absolute atomic E-state index is 14.1. The van der Waals surface area contributed by atoms with Gasteiger partial charge in [-0.3, -0.25) is 9.36 Å². The number of hydrogen-bond acceptors (Lipinski definition) is 9. The highest BCUT2D eigenvalue weighted by Gasteiger charge is 2.35. The maximum atomic E-state index is 14.1. The minimum Gasteiger partial charge on any atom is -0.463 e. The molecule has 5 aromatic rings. The fraction of sp³-hybridized carbons (Fsp3) is 0.129.